The van der Waals surface area contributed by atoms with Crippen LogP contribution in [-0.4, -0.2) is 32.1 Å². The van der Waals surface area contributed by atoms with Crippen molar-refractivity contribution in [2.45, 2.75) is 0 Å². The zero-order valence-electron chi connectivity index (χ0n) is 13.0. The SMILES string of the molecule is COc1ccc(OCCNC(=O)C(=O)Nc2ccc(Cl)cc2)cc1. The molecule has 0 saturated heterocycles. The lowest BCUT2D eigenvalue weighted by Gasteiger charge is -2.09. The normalized spacial score (nSPS) is 9.92. The Morgan fingerprint density at radius 2 is 1.58 bits per heavy atom. The van der Waals surface area contributed by atoms with E-state index in [1.165, 1.54) is 0 Å². The predicted octanol–water partition coefficient (Wildman–Crippen LogP) is 2.48. The molecule has 7 heteroatoms. The first-order valence-electron chi connectivity index (χ1n) is 7.20. The van der Waals surface area contributed by atoms with Gasteiger partial charge in [-0.05, 0) is 48.5 Å². The molecule has 0 aliphatic heterocycles. The molecule has 0 radical (unpaired) electrons. The van der Waals surface area contributed by atoms with E-state index in [0.717, 1.165) is 5.75 Å². The van der Waals surface area contributed by atoms with E-state index in [9.17, 15) is 9.59 Å². The third-order valence-electron chi connectivity index (χ3n) is 3.02. The average molecular weight is 349 g/mol. The fourth-order valence-electron chi connectivity index (χ4n) is 1.81. The topological polar surface area (TPSA) is 76.7 Å². The fraction of sp³-hybridized carbons (Fsp3) is 0.176. The second-order valence-corrected chi connectivity index (χ2v) is 5.18. The highest BCUT2D eigenvalue weighted by atomic mass is 35.5. The molecule has 0 saturated carbocycles. The van der Waals surface area contributed by atoms with Gasteiger partial charge < -0.3 is 20.1 Å². The molecule has 0 heterocycles. The van der Waals surface area contributed by atoms with Crippen molar-refractivity contribution in [1.82, 2.24) is 5.32 Å². The molecule has 2 N–H and O–H groups in total. The largest absolute Gasteiger partial charge is 0.497 e. The minimum atomic E-state index is -0.748. The Morgan fingerprint density at radius 1 is 0.958 bits per heavy atom. The van der Waals surface area contributed by atoms with Crippen LogP contribution in [0.2, 0.25) is 5.02 Å². The summed E-state index contributed by atoms with van der Waals surface area (Å²) in [6, 6.07) is 13.5. The van der Waals surface area contributed by atoms with Crippen LogP contribution in [0.15, 0.2) is 48.5 Å². The number of hydrogen-bond donors (Lipinski definition) is 2. The van der Waals surface area contributed by atoms with Crippen molar-refractivity contribution in [1.29, 1.82) is 0 Å². The van der Waals surface area contributed by atoms with E-state index in [2.05, 4.69) is 10.6 Å². The summed E-state index contributed by atoms with van der Waals surface area (Å²) in [5.41, 5.74) is 0.494. The number of nitrogens with one attached hydrogen (secondary N) is 2. The van der Waals surface area contributed by atoms with Gasteiger partial charge in [-0.2, -0.15) is 0 Å². The molecule has 24 heavy (non-hydrogen) atoms. The van der Waals surface area contributed by atoms with E-state index in [4.69, 9.17) is 21.1 Å². The van der Waals surface area contributed by atoms with E-state index in [1.807, 2.05) is 0 Å². The third-order valence-corrected chi connectivity index (χ3v) is 3.28. The molecular weight excluding hydrogens is 332 g/mol. The first-order chi connectivity index (χ1) is 11.6. The second kappa shape index (κ2) is 8.79. The highest BCUT2D eigenvalue weighted by molar-refractivity contribution is 6.39. The molecule has 2 aromatic carbocycles. The number of methoxy groups -OCH3 is 1. The third kappa shape index (κ3) is 5.48. The maximum absolute atomic E-state index is 11.7. The van der Waals surface area contributed by atoms with Crippen LogP contribution in [0.5, 0.6) is 11.5 Å². The average Bonchev–Trinajstić information content (AvgIpc) is 2.61. The number of amides is 2. The van der Waals surface area contributed by atoms with Gasteiger partial charge in [0.1, 0.15) is 18.1 Å². The van der Waals surface area contributed by atoms with Gasteiger partial charge in [0.15, 0.2) is 0 Å². The second-order valence-electron chi connectivity index (χ2n) is 4.74. The van der Waals surface area contributed by atoms with Crippen molar-refractivity contribution in [2.24, 2.45) is 0 Å². The molecule has 0 aromatic heterocycles. The van der Waals surface area contributed by atoms with Gasteiger partial charge in [0.2, 0.25) is 0 Å². The lowest BCUT2D eigenvalue weighted by atomic mass is 10.3. The Bertz CT molecular complexity index is 687. The fourth-order valence-corrected chi connectivity index (χ4v) is 1.93. The molecule has 2 amide bonds. The van der Waals surface area contributed by atoms with Gasteiger partial charge in [0.25, 0.3) is 0 Å². The quantitative estimate of drug-likeness (QED) is 0.621. The maximum atomic E-state index is 11.7. The lowest BCUT2D eigenvalue weighted by Crippen LogP contribution is -2.37. The van der Waals surface area contributed by atoms with Crippen molar-refractivity contribution in [3.63, 3.8) is 0 Å². The Hall–Kier alpha value is -2.73. The number of carbonyl (C=O) groups is 2. The van der Waals surface area contributed by atoms with Gasteiger partial charge in [0, 0.05) is 10.7 Å². The van der Waals surface area contributed by atoms with Crippen LogP contribution in [0.3, 0.4) is 0 Å². The molecule has 126 valence electrons. The molecule has 0 bridgehead atoms. The maximum Gasteiger partial charge on any atom is 0.313 e. The van der Waals surface area contributed by atoms with Gasteiger partial charge in [0.05, 0.1) is 13.7 Å². The number of hydrogen-bond acceptors (Lipinski definition) is 4. The number of halogens is 1. The summed E-state index contributed by atoms with van der Waals surface area (Å²) in [5, 5.41) is 5.51. The molecule has 0 fully saturated rings. The van der Waals surface area contributed by atoms with Gasteiger partial charge in [-0.25, -0.2) is 0 Å². The number of carbonyl (C=O) groups excluding carboxylic acids is 2. The summed E-state index contributed by atoms with van der Waals surface area (Å²) in [6.07, 6.45) is 0. The molecule has 0 aliphatic carbocycles. The Kier molecular flexibility index (Phi) is 6.45. The highest BCUT2D eigenvalue weighted by Crippen LogP contribution is 2.16. The molecule has 6 nitrogen and oxygen atoms in total. The minimum absolute atomic E-state index is 0.207. The molecule has 0 unspecified atom stereocenters. The van der Waals surface area contributed by atoms with Crippen LogP contribution in [0.4, 0.5) is 5.69 Å². The zero-order valence-corrected chi connectivity index (χ0v) is 13.8. The smallest absolute Gasteiger partial charge is 0.313 e. The van der Waals surface area contributed by atoms with Crippen molar-refractivity contribution < 1.29 is 19.1 Å². The zero-order chi connectivity index (χ0) is 17.4. The number of ether oxygens (including phenoxy) is 2. The van der Waals surface area contributed by atoms with Crippen LogP contribution in [-0.2, 0) is 9.59 Å². The first kappa shape index (κ1) is 17.6. The molecule has 2 rings (SSSR count). The van der Waals surface area contributed by atoms with Gasteiger partial charge in [-0.3, -0.25) is 9.59 Å². The van der Waals surface area contributed by atoms with Crippen molar-refractivity contribution >= 4 is 29.1 Å². The molecule has 0 aliphatic rings. The molecular formula is C17H17ClN2O4. The monoisotopic (exact) mass is 348 g/mol. The number of benzene rings is 2. The standard InChI is InChI=1S/C17H17ClN2O4/c1-23-14-6-8-15(9-7-14)24-11-10-19-16(21)17(22)20-13-4-2-12(18)3-5-13/h2-9H,10-11H2,1H3,(H,19,21)(H,20,22). The summed E-state index contributed by atoms with van der Waals surface area (Å²) in [6.45, 7) is 0.450. The number of anilines is 1. The van der Waals surface area contributed by atoms with E-state index in [-0.39, 0.29) is 13.2 Å². The first-order valence-corrected chi connectivity index (χ1v) is 7.58. The predicted molar refractivity (Wildman–Crippen MR) is 91.6 cm³/mol. The summed E-state index contributed by atoms with van der Waals surface area (Å²) < 4.78 is 10.5. The van der Waals surface area contributed by atoms with Crippen molar-refractivity contribution in [3.05, 3.63) is 53.6 Å². The minimum Gasteiger partial charge on any atom is -0.497 e. The summed E-state index contributed by atoms with van der Waals surface area (Å²) >= 11 is 5.75. The molecule has 0 spiro atoms. The van der Waals surface area contributed by atoms with Crippen LogP contribution < -0.4 is 20.1 Å². The van der Waals surface area contributed by atoms with E-state index in [1.54, 1.807) is 55.6 Å². The van der Waals surface area contributed by atoms with E-state index < -0.39 is 11.8 Å². The number of rotatable bonds is 6. The Labute approximate surface area is 144 Å². The summed E-state index contributed by atoms with van der Waals surface area (Å²) in [7, 11) is 1.58. The van der Waals surface area contributed by atoms with Crippen LogP contribution in [0, 0.1) is 0 Å². The molecule has 0 atom stereocenters. The lowest BCUT2D eigenvalue weighted by molar-refractivity contribution is -0.136. The Balaban J connectivity index is 1.70. The summed E-state index contributed by atoms with van der Waals surface area (Å²) in [5.74, 6) is -0.102. The van der Waals surface area contributed by atoms with Crippen molar-refractivity contribution in [2.75, 3.05) is 25.6 Å². The highest BCUT2D eigenvalue weighted by Gasteiger charge is 2.12. The van der Waals surface area contributed by atoms with E-state index >= 15 is 0 Å². The van der Waals surface area contributed by atoms with E-state index in [0.29, 0.717) is 16.5 Å². The Morgan fingerprint density at radius 3 is 2.21 bits per heavy atom. The van der Waals surface area contributed by atoms with Crippen molar-refractivity contribution in [3.8, 4) is 11.5 Å². The van der Waals surface area contributed by atoms with Gasteiger partial charge >= 0.3 is 11.8 Å². The van der Waals surface area contributed by atoms with Crippen LogP contribution in [0.25, 0.3) is 0 Å². The van der Waals surface area contributed by atoms with Crippen LogP contribution >= 0.6 is 11.6 Å². The molecule has 2 aromatic rings. The van der Waals surface area contributed by atoms with Crippen LogP contribution in [0.1, 0.15) is 0 Å². The summed E-state index contributed by atoms with van der Waals surface area (Å²) in [4.78, 5) is 23.4. The van der Waals surface area contributed by atoms with Gasteiger partial charge in [-0.1, -0.05) is 11.6 Å². The van der Waals surface area contributed by atoms with Gasteiger partial charge in [-0.15, -0.1) is 0 Å².